The summed E-state index contributed by atoms with van der Waals surface area (Å²) in [4.78, 5) is 4.72. The molecule has 1 aliphatic heterocycles. The Hall–Kier alpha value is -2.65. The highest BCUT2D eigenvalue weighted by Gasteiger charge is 2.32. The molecule has 1 fully saturated rings. The third-order valence-corrected chi connectivity index (χ3v) is 5.67. The summed E-state index contributed by atoms with van der Waals surface area (Å²) in [5.74, 6) is 0.266. The summed E-state index contributed by atoms with van der Waals surface area (Å²) >= 11 is 0. The first-order valence-electron chi connectivity index (χ1n) is 10.1. The lowest BCUT2D eigenvalue weighted by atomic mass is 9.91. The molecule has 144 valence electrons. The molecule has 0 aromatic heterocycles. The second-order valence-corrected chi connectivity index (χ2v) is 7.71. The first kappa shape index (κ1) is 18.7. The van der Waals surface area contributed by atoms with Gasteiger partial charge in [0.25, 0.3) is 0 Å². The number of nitrogens with zero attached hydrogens (tertiary/aromatic N) is 2. The number of rotatable bonds is 5. The van der Waals surface area contributed by atoms with E-state index in [0.717, 1.165) is 31.7 Å². The molecule has 0 amide bonds. The van der Waals surface area contributed by atoms with Gasteiger partial charge in [0.15, 0.2) is 0 Å². The number of piperidine rings is 1. The smallest absolute Gasteiger partial charge is 0.146 e. The minimum Gasteiger partial charge on any atom is -0.336 e. The molecule has 3 heteroatoms. The zero-order chi connectivity index (χ0) is 19.3. The summed E-state index contributed by atoms with van der Waals surface area (Å²) in [6.07, 6.45) is 1.01. The standard InChI is InChI=1S/C25H27FN2/c1-20-18-27(19-21-10-4-2-5-11-21)17-16-24(20)28(22-12-6-3-7-13-22)25-15-9-8-14-23(25)26/h2-15,20,24H,16-19H2,1H3. The molecule has 28 heavy (non-hydrogen) atoms. The van der Waals surface area contributed by atoms with E-state index in [1.807, 2.05) is 30.3 Å². The maximum Gasteiger partial charge on any atom is 0.146 e. The van der Waals surface area contributed by atoms with Crippen LogP contribution in [0.25, 0.3) is 0 Å². The highest BCUT2D eigenvalue weighted by molar-refractivity contribution is 5.64. The van der Waals surface area contributed by atoms with Gasteiger partial charge in [-0.25, -0.2) is 4.39 Å². The normalized spacial score (nSPS) is 20.1. The largest absolute Gasteiger partial charge is 0.336 e. The highest BCUT2D eigenvalue weighted by Crippen LogP contribution is 2.35. The molecule has 1 aliphatic rings. The van der Waals surface area contributed by atoms with Gasteiger partial charge >= 0.3 is 0 Å². The third-order valence-electron chi connectivity index (χ3n) is 5.67. The van der Waals surface area contributed by atoms with Crippen molar-refractivity contribution in [3.63, 3.8) is 0 Å². The summed E-state index contributed by atoms with van der Waals surface area (Å²) in [7, 11) is 0. The second kappa shape index (κ2) is 8.57. The van der Waals surface area contributed by atoms with Crippen molar-refractivity contribution in [1.82, 2.24) is 4.90 Å². The van der Waals surface area contributed by atoms with E-state index in [9.17, 15) is 4.39 Å². The molecule has 0 saturated carbocycles. The number of halogens is 1. The molecule has 0 radical (unpaired) electrons. The monoisotopic (exact) mass is 374 g/mol. The van der Waals surface area contributed by atoms with Crippen molar-refractivity contribution in [3.05, 3.63) is 96.3 Å². The Morgan fingerprint density at radius 3 is 2.21 bits per heavy atom. The number of hydrogen-bond donors (Lipinski definition) is 0. The van der Waals surface area contributed by atoms with Gasteiger partial charge in [-0.05, 0) is 42.2 Å². The predicted octanol–water partition coefficient (Wildman–Crippen LogP) is 5.87. The lowest BCUT2D eigenvalue weighted by Gasteiger charge is -2.44. The van der Waals surface area contributed by atoms with E-state index in [2.05, 4.69) is 59.2 Å². The third kappa shape index (κ3) is 4.10. The van der Waals surface area contributed by atoms with Crippen molar-refractivity contribution in [1.29, 1.82) is 0 Å². The van der Waals surface area contributed by atoms with E-state index >= 15 is 0 Å². The first-order valence-corrected chi connectivity index (χ1v) is 10.1. The Morgan fingerprint density at radius 1 is 0.893 bits per heavy atom. The summed E-state index contributed by atoms with van der Waals surface area (Å²) in [6.45, 7) is 5.29. The van der Waals surface area contributed by atoms with Crippen LogP contribution in [0.3, 0.4) is 0 Å². The van der Waals surface area contributed by atoms with E-state index in [1.54, 1.807) is 12.1 Å². The molecule has 1 heterocycles. The van der Waals surface area contributed by atoms with Gasteiger partial charge in [-0.3, -0.25) is 4.90 Å². The molecule has 2 atom stereocenters. The Bertz CT molecular complexity index is 881. The van der Waals surface area contributed by atoms with Crippen LogP contribution < -0.4 is 4.90 Å². The molecule has 0 aliphatic carbocycles. The maximum absolute atomic E-state index is 14.7. The van der Waals surface area contributed by atoms with Crippen LogP contribution in [0, 0.1) is 11.7 Å². The van der Waals surface area contributed by atoms with E-state index in [4.69, 9.17) is 0 Å². The Balaban J connectivity index is 1.57. The fraction of sp³-hybridized carbons (Fsp3) is 0.280. The van der Waals surface area contributed by atoms with Crippen LogP contribution in [0.15, 0.2) is 84.9 Å². The van der Waals surface area contributed by atoms with Crippen molar-refractivity contribution in [2.24, 2.45) is 5.92 Å². The van der Waals surface area contributed by atoms with Crippen molar-refractivity contribution in [2.75, 3.05) is 18.0 Å². The first-order chi connectivity index (χ1) is 13.7. The highest BCUT2D eigenvalue weighted by atomic mass is 19.1. The van der Waals surface area contributed by atoms with Gasteiger partial charge in [-0.1, -0.05) is 67.6 Å². The van der Waals surface area contributed by atoms with Crippen LogP contribution >= 0.6 is 0 Å². The van der Waals surface area contributed by atoms with Crippen LogP contribution in [-0.2, 0) is 6.54 Å². The molecule has 1 saturated heterocycles. The molecule has 2 unspecified atom stereocenters. The molecule has 4 rings (SSSR count). The summed E-state index contributed by atoms with van der Waals surface area (Å²) in [5, 5.41) is 0. The van der Waals surface area contributed by atoms with Gasteiger partial charge in [-0.15, -0.1) is 0 Å². The SMILES string of the molecule is CC1CN(Cc2ccccc2)CCC1N(c1ccccc1)c1ccccc1F. The van der Waals surface area contributed by atoms with Gasteiger partial charge in [-0.2, -0.15) is 0 Å². The topological polar surface area (TPSA) is 6.48 Å². The fourth-order valence-corrected chi connectivity index (χ4v) is 4.33. The Kier molecular flexibility index (Phi) is 5.73. The van der Waals surface area contributed by atoms with Gasteiger partial charge in [0.05, 0.1) is 5.69 Å². The molecule has 0 spiro atoms. The lowest BCUT2D eigenvalue weighted by Crippen LogP contribution is -2.48. The molecule has 2 nitrogen and oxygen atoms in total. The summed E-state index contributed by atoms with van der Waals surface area (Å²) in [5.41, 5.74) is 3.07. The van der Waals surface area contributed by atoms with E-state index in [0.29, 0.717) is 11.6 Å². The predicted molar refractivity (Wildman–Crippen MR) is 114 cm³/mol. The molecule has 0 bridgehead atoms. The van der Waals surface area contributed by atoms with E-state index in [-0.39, 0.29) is 11.9 Å². The minimum atomic E-state index is -0.162. The number of likely N-dealkylation sites (tertiary alicyclic amines) is 1. The van der Waals surface area contributed by atoms with Crippen LogP contribution in [0.4, 0.5) is 15.8 Å². The van der Waals surface area contributed by atoms with Crippen LogP contribution in [0.1, 0.15) is 18.9 Å². The average Bonchev–Trinajstić information content (AvgIpc) is 2.73. The fourth-order valence-electron chi connectivity index (χ4n) is 4.33. The van der Waals surface area contributed by atoms with Crippen molar-refractivity contribution < 1.29 is 4.39 Å². The number of benzene rings is 3. The van der Waals surface area contributed by atoms with E-state index < -0.39 is 0 Å². The van der Waals surface area contributed by atoms with Crippen molar-refractivity contribution >= 4 is 11.4 Å². The van der Waals surface area contributed by atoms with Crippen LogP contribution in [0.5, 0.6) is 0 Å². The minimum absolute atomic E-state index is 0.162. The summed E-state index contributed by atoms with van der Waals surface area (Å²) < 4.78 is 14.7. The molecular formula is C25H27FN2. The molecule has 3 aromatic rings. The molecule has 0 N–H and O–H groups in total. The van der Waals surface area contributed by atoms with Gasteiger partial charge in [0.2, 0.25) is 0 Å². The van der Waals surface area contributed by atoms with Crippen molar-refractivity contribution in [2.45, 2.75) is 25.9 Å². The second-order valence-electron chi connectivity index (χ2n) is 7.71. The Labute approximate surface area is 167 Å². The number of hydrogen-bond acceptors (Lipinski definition) is 2. The molecule has 3 aromatic carbocycles. The van der Waals surface area contributed by atoms with Crippen LogP contribution in [-0.4, -0.2) is 24.0 Å². The zero-order valence-electron chi connectivity index (χ0n) is 16.3. The zero-order valence-corrected chi connectivity index (χ0v) is 16.3. The van der Waals surface area contributed by atoms with Gasteiger partial charge < -0.3 is 4.90 Å². The number of para-hydroxylation sites is 2. The quantitative estimate of drug-likeness (QED) is 0.551. The molecular weight excluding hydrogens is 347 g/mol. The van der Waals surface area contributed by atoms with E-state index in [1.165, 1.54) is 5.56 Å². The number of anilines is 2. The summed E-state index contributed by atoms with van der Waals surface area (Å²) in [6, 6.07) is 28.2. The van der Waals surface area contributed by atoms with Crippen molar-refractivity contribution in [3.8, 4) is 0 Å². The Morgan fingerprint density at radius 2 is 1.54 bits per heavy atom. The van der Waals surface area contributed by atoms with Gasteiger partial charge in [0, 0.05) is 31.4 Å². The van der Waals surface area contributed by atoms with Gasteiger partial charge in [0.1, 0.15) is 5.82 Å². The average molecular weight is 375 g/mol. The lowest BCUT2D eigenvalue weighted by molar-refractivity contribution is 0.157. The van der Waals surface area contributed by atoms with Crippen LogP contribution in [0.2, 0.25) is 0 Å². The maximum atomic E-state index is 14.7.